The van der Waals surface area contributed by atoms with E-state index in [-0.39, 0.29) is 49.8 Å². The number of anilines is 1. The molecule has 9 nitrogen and oxygen atoms in total. The normalized spacial score (nSPS) is 10.4. The van der Waals surface area contributed by atoms with Crippen LogP contribution in [0.5, 0.6) is 0 Å². The van der Waals surface area contributed by atoms with E-state index in [9.17, 15) is 19.2 Å². The Balaban J connectivity index is 2.21. The number of aryl methyl sites for hydroxylation is 1. The third-order valence-corrected chi connectivity index (χ3v) is 4.75. The second-order valence-electron chi connectivity index (χ2n) is 7.78. The molecular formula is C24H38N4O5. The predicted molar refractivity (Wildman–Crippen MR) is 128 cm³/mol. The van der Waals surface area contributed by atoms with E-state index in [4.69, 9.17) is 4.74 Å². The van der Waals surface area contributed by atoms with E-state index in [0.29, 0.717) is 25.2 Å². The highest BCUT2D eigenvalue weighted by Gasteiger charge is 2.08. The van der Waals surface area contributed by atoms with Gasteiger partial charge in [0.2, 0.25) is 23.6 Å². The Morgan fingerprint density at radius 1 is 0.727 bits per heavy atom. The van der Waals surface area contributed by atoms with Gasteiger partial charge in [-0.1, -0.05) is 45.2 Å². The van der Waals surface area contributed by atoms with Crippen molar-refractivity contribution in [3.63, 3.8) is 0 Å². The van der Waals surface area contributed by atoms with Crippen molar-refractivity contribution in [2.24, 2.45) is 0 Å². The minimum Gasteiger partial charge on any atom is -0.362 e. The van der Waals surface area contributed by atoms with Gasteiger partial charge in [0.1, 0.15) is 13.2 Å². The van der Waals surface area contributed by atoms with Crippen LogP contribution in [0.4, 0.5) is 5.69 Å². The van der Waals surface area contributed by atoms with E-state index >= 15 is 0 Å². The summed E-state index contributed by atoms with van der Waals surface area (Å²) >= 11 is 0. The number of benzene rings is 1. The molecule has 0 saturated carbocycles. The lowest BCUT2D eigenvalue weighted by Crippen LogP contribution is -2.37. The van der Waals surface area contributed by atoms with Crippen molar-refractivity contribution < 1.29 is 23.9 Å². The molecule has 0 unspecified atom stereocenters. The molecule has 9 heteroatoms. The quantitative estimate of drug-likeness (QED) is 0.263. The molecule has 0 bridgehead atoms. The molecule has 4 N–H and O–H groups in total. The standard InChI is InChI=1S/C24H38N4O5/c1-3-5-7-15-25-22(30)16-27-21(29)13-10-19-8-11-20(12-9-19)28-24(32)18-33-17-23(31)26-14-6-4-2/h8-9,11-12H,3-7,10,13-18H2,1-2H3,(H,25,30)(H,26,31)(H,27,29)(H,28,32). The second-order valence-corrected chi connectivity index (χ2v) is 7.78. The average Bonchev–Trinajstić information content (AvgIpc) is 2.80. The van der Waals surface area contributed by atoms with Gasteiger partial charge in [-0.05, 0) is 37.0 Å². The maximum Gasteiger partial charge on any atom is 0.250 e. The summed E-state index contributed by atoms with van der Waals surface area (Å²) < 4.78 is 5.12. The minimum absolute atomic E-state index is 0.0155. The summed E-state index contributed by atoms with van der Waals surface area (Å²) in [7, 11) is 0. The third kappa shape index (κ3) is 14.7. The van der Waals surface area contributed by atoms with Gasteiger partial charge in [-0.2, -0.15) is 0 Å². The van der Waals surface area contributed by atoms with Gasteiger partial charge < -0.3 is 26.0 Å². The maximum absolute atomic E-state index is 11.9. The Morgan fingerprint density at radius 3 is 2.06 bits per heavy atom. The summed E-state index contributed by atoms with van der Waals surface area (Å²) in [6.45, 7) is 4.99. The van der Waals surface area contributed by atoms with Gasteiger partial charge in [0.05, 0.1) is 6.54 Å². The Morgan fingerprint density at radius 2 is 1.36 bits per heavy atom. The lowest BCUT2D eigenvalue weighted by molar-refractivity contribution is -0.128. The number of hydrogen-bond acceptors (Lipinski definition) is 5. The highest BCUT2D eigenvalue weighted by Crippen LogP contribution is 2.11. The number of carbonyl (C=O) groups excluding carboxylic acids is 4. The number of nitrogens with one attached hydrogen (secondary N) is 4. The van der Waals surface area contributed by atoms with Crippen LogP contribution in [-0.2, 0) is 30.3 Å². The lowest BCUT2D eigenvalue weighted by Gasteiger charge is -2.08. The molecule has 0 radical (unpaired) electrons. The molecule has 184 valence electrons. The molecule has 1 aromatic carbocycles. The van der Waals surface area contributed by atoms with Crippen molar-refractivity contribution in [1.82, 2.24) is 16.0 Å². The molecule has 1 aromatic rings. The SMILES string of the molecule is CCCCCNC(=O)CNC(=O)CCc1ccc(NC(=O)COCC(=O)NCCCC)cc1. The lowest BCUT2D eigenvalue weighted by atomic mass is 10.1. The van der Waals surface area contributed by atoms with Crippen molar-refractivity contribution in [1.29, 1.82) is 0 Å². The van der Waals surface area contributed by atoms with Crippen LogP contribution in [0.1, 0.15) is 57.9 Å². The Hall–Kier alpha value is -2.94. The van der Waals surface area contributed by atoms with Crippen molar-refractivity contribution in [2.75, 3.05) is 38.2 Å². The summed E-state index contributed by atoms with van der Waals surface area (Å²) in [5.74, 6) is -0.957. The number of hydrogen-bond donors (Lipinski definition) is 4. The van der Waals surface area contributed by atoms with E-state index in [0.717, 1.165) is 37.7 Å². The first-order valence-corrected chi connectivity index (χ1v) is 11.7. The number of rotatable bonds is 17. The summed E-state index contributed by atoms with van der Waals surface area (Å²) in [5, 5.41) is 10.8. The largest absolute Gasteiger partial charge is 0.362 e. The molecule has 0 saturated heterocycles. The number of carbonyl (C=O) groups is 4. The molecule has 0 aliphatic heterocycles. The fourth-order valence-electron chi connectivity index (χ4n) is 2.83. The van der Waals surface area contributed by atoms with Crippen LogP contribution in [0.25, 0.3) is 0 Å². The summed E-state index contributed by atoms with van der Waals surface area (Å²) in [6, 6.07) is 7.13. The van der Waals surface area contributed by atoms with Crippen molar-refractivity contribution in [2.45, 2.75) is 58.8 Å². The summed E-state index contributed by atoms with van der Waals surface area (Å²) in [6.07, 6.45) is 5.79. The smallest absolute Gasteiger partial charge is 0.250 e. The fraction of sp³-hybridized carbons (Fsp3) is 0.583. The van der Waals surface area contributed by atoms with Gasteiger partial charge in [0, 0.05) is 25.2 Å². The van der Waals surface area contributed by atoms with Crippen LogP contribution in [0, 0.1) is 0 Å². The predicted octanol–water partition coefficient (Wildman–Crippen LogP) is 1.91. The first-order valence-electron chi connectivity index (χ1n) is 11.7. The summed E-state index contributed by atoms with van der Waals surface area (Å²) in [4.78, 5) is 47.1. The Kier molecular flexibility index (Phi) is 15.0. The van der Waals surface area contributed by atoms with Crippen LogP contribution in [0.2, 0.25) is 0 Å². The second kappa shape index (κ2) is 17.6. The number of unbranched alkanes of at least 4 members (excludes halogenated alkanes) is 3. The summed E-state index contributed by atoms with van der Waals surface area (Å²) in [5.41, 5.74) is 1.54. The molecule has 0 spiro atoms. The van der Waals surface area contributed by atoms with Gasteiger partial charge in [-0.3, -0.25) is 19.2 Å². The average molecular weight is 463 g/mol. The van der Waals surface area contributed by atoms with E-state index in [1.165, 1.54) is 0 Å². The Labute approximate surface area is 196 Å². The molecule has 0 aliphatic carbocycles. The van der Waals surface area contributed by atoms with E-state index in [2.05, 4.69) is 28.2 Å². The number of ether oxygens (including phenoxy) is 1. The molecule has 0 heterocycles. The third-order valence-electron chi connectivity index (χ3n) is 4.75. The maximum atomic E-state index is 11.9. The van der Waals surface area contributed by atoms with Crippen LogP contribution in [0.15, 0.2) is 24.3 Å². The first kappa shape index (κ1) is 28.1. The molecule has 4 amide bonds. The zero-order valence-corrected chi connectivity index (χ0v) is 19.8. The van der Waals surface area contributed by atoms with Crippen LogP contribution >= 0.6 is 0 Å². The zero-order valence-electron chi connectivity index (χ0n) is 19.8. The molecule has 0 fully saturated rings. The Bertz CT molecular complexity index is 737. The molecule has 33 heavy (non-hydrogen) atoms. The van der Waals surface area contributed by atoms with Gasteiger partial charge >= 0.3 is 0 Å². The van der Waals surface area contributed by atoms with Crippen molar-refractivity contribution >= 4 is 29.3 Å². The molecule has 1 rings (SSSR count). The van der Waals surface area contributed by atoms with E-state index in [1.54, 1.807) is 12.1 Å². The highest BCUT2D eigenvalue weighted by atomic mass is 16.5. The number of amides is 4. The fourth-order valence-corrected chi connectivity index (χ4v) is 2.83. The van der Waals surface area contributed by atoms with Gasteiger partial charge in [-0.25, -0.2) is 0 Å². The topological polar surface area (TPSA) is 126 Å². The van der Waals surface area contributed by atoms with Gasteiger partial charge in [0.15, 0.2) is 0 Å². The minimum atomic E-state index is -0.351. The monoisotopic (exact) mass is 462 g/mol. The van der Waals surface area contributed by atoms with Crippen LogP contribution in [-0.4, -0.2) is 56.5 Å². The molecule has 0 aliphatic rings. The van der Waals surface area contributed by atoms with Crippen molar-refractivity contribution in [3.8, 4) is 0 Å². The van der Waals surface area contributed by atoms with Gasteiger partial charge in [0.25, 0.3) is 0 Å². The van der Waals surface area contributed by atoms with Crippen molar-refractivity contribution in [3.05, 3.63) is 29.8 Å². The zero-order chi connectivity index (χ0) is 24.3. The molecular weight excluding hydrogens is 424 g/mol. The highest BCUT2D eigenvalue weighted by molar-refractivity contribution is 5.92. The van der Waals surface area contributed by atoms with Crippen LogP contribution in [0.3, 0.4) is 0 Å². The molecule has 0 aromatic heterocycles. The van der Waals surface area contributed by atoms with E-state index < -0.39 is 0 Å². The molecule has 0 atom stereocenters. The van der Waals surface area contributed by atoms with E-state index in [1.807, 2.05) is 19.1 Å². The first-order chi connectivity index (χ1) is 15.9. The van der Waals surface area contributed by atoms with Crippen LogP contribution < -0.4 is 21.3 Å². The van der Waals surface area contributed by atoms with Gasteiger partial charge in [-0.15, -0.1) is 0 Å².